The van der Waals surface area contributed by atoms with Gasteiger partial charge in [0.15, 0.2) is 0 Å². The molecule has 1 unspecified atom stereocenters. The molecule has 7 heteroatoms. The van der Waals surface area contributed by atoms with Crippen LogP contribution in [0.5, 0.6) is 0 Å². The van der Waals surface area contributed by atoms with E-state index in [-0.39, 0.29) is 23.2 Å². The van der Waals surface area contributed by atoms with Gasteiger partial charge in [0.05, 0.1) is 18.3 Å². The van der Waals surface area contributed by atoms with Crippen LogP contribution in [0.4, 0.5) is 5.69 Å². The Balaban J connectivity index is 3.19. The molecule has 1 aromatic rings. The van der Waals surface area contributed by atoms with Crippen LogP contribution in [-0.4, -0.2) is 28.9 Å². The Morgan fingerprint density at radius 2 is 2.30 bits per heavy atom. The van der Waals surface area contributed by atoms with Crippen LogP contribution in [-0.2, 0) is 16.1 Å². The molecular formula is C13H16ClN3O3. The number of ether oxygens (including phenoxy) is 1. The smallest absolute Gasteiger partial charge is 0.328 e. The zero-order valence-corrected chi connectivity index (χ0v) is 12.3. The fourth-order valence-electron chi connectivity index (χ4n) is 1.58. The normalized spacial score (nSPS) is 11.8. The number of terminal acetylenes is 1. The summed E-state index contributed by atoms with van der Waals surface area (Å²) in [6, 6.07) is -0.688. The van der Waals surface area contributed by atoms with Crippen LogP contribution in [0.15, 0.2) is 11.0 Å². The number of esters is 1. The van der Waals surface area contributed by atoms with E-state index in [9.17, 15) is 9.59 Å². The molecule has 6 nitrogen and oxygen atoms in total. The Hall–Kier alpha value is -2.00. The summed E-state index contributed by atoms with van der Waals surface area (Å²) in [5.41, 5.74) is -0.397. The molecule has 108 valence electrons. The zero-order chi connectivity index (χ0) is 15.3. The van der Waals surface area contributed by atoms with E-state index in [4.69, 9.17) is 22.8 Å². The number of carbonyl (C=O) groups excluding carboxylic acids is 1. The van der Waals surface area contributed by atoms with Crippen molar-refractivity contribution >= 4 is 23.3 Å². The number of anilines is 1. The topological polar surface area (TPSA) is 73.2 Å². The van der Waals surface area contributed by atoms with E-state index in [1.165, 1.54) is 13.3 Å². The molecule has 0 aliphatic heterocycles. The Kier molecular flexibility index (Phi) is 5.59. The number of hydrogen-bond acceptors (Lipinski definition) is 5. The maximum Gasteiger partial charge on any atom is 0.328 e. The third-order valence-electron chi connectivity index (χ3n) is 2.66. The quantitative estimate of drug-likeness (QED) is 0.652. The van der Waals surface area contributed by atoms with E-state index in [0.717, 1.165) is 4.68 Å². The van der Waals surface area contributed by atoms with Crippen LogP contribution in [0.3, 0.4) is 0 Å². The lowest BCUT2D eigenvalue weighted by Crippen LogP contribution is -2.38. The summed E-state index contributed by atoms with van der Waals surface area (Å²) in [7, 11) is 1.28. The van der Waals surface area contributed by atoms with E-state index in [0.29, 0.717) is 0 Å². The van der Waals surface area contributed by atoms with Gasteiger partial charge in [-0.05, 0) is 5.92 Å². The van der Waals surface area contributed by atoms with Gasteiger partial charge < -0.3 is 10.1 Å². The average molecular weight is 298 g/mol. The molecule has 0 fully saturated rings. The highest BCUT2D eigenvalue weighted by molar-refractivity contribution is 6.33. The molecule has 0 saturated heterocycles. The molecule has 0 aliphatic rings. The van der Waals surface area contributed by atoms with Gasteiger partial charge >= 0.3 is 5.97 Å². The van der Waals surface area contributed by atoms with Gasteiger partial charge in [-0.2, -0.15) is 5.10 Å². The molecule has 1 N–H and O–H groups in total. The summed E-state index contributed by atoms with van der Waals surface area (Å²) in [4.78, 5) is 23.9. The first-order valence-corrected chi connectivity index (χ1v) is 6.33. The van der Waals surface area contributed by atoms with Crippen molar-refractivity contribution in [2.75, 3.05) is 12.4 Å². The number of carbonyl (C=O) groups is 1. The van der Waals surface area contributed by atoms with Gasteiger partial charge in [-0.3, -0.25) is 4.79 Å². The molecule has 1 rings (SSSR count). The number of nitrogens with one attached hydrogen (secondary N) is 1. The molecule has 0 spiro atoms. The van der Waals surface area contributed by atoms with Gasteiger partial charge in [-0.25, -0.2) is 9.48 Å². The van der Waals surface area contributed by atoms with Crippen molar-refractivity contribution in [2.24, 2.45) is 5.92 Å². The van der Waals surface area contributed by atoms with Crippen LogP contribution < -0.4 is 10.9 Å². The van der Waals surface area contributed by atoms with Gasteiger partial charge in [-0.1, -0.05) is 31.4 Å². The van der Waals surface area contributed by atoms with Gasteiger partial charge in [0.1, 0.15) is 18.3 Å². The number of nitrogens with zero attached hydrogens (tertiary/aromatic N) is 2. The molecule has 1 heterocycles. The Morgan fingerprint density at radius 3 is 2.80 bits per heavy atom. The molecule has 0 aliphatic carbocycles. The summed E-state index contributed by atoms with van der Waals surface area (Å²) >= 11 is 5.96. The molecule has 1 aromatic heterocycles. The number of rotatable bonds is 5. The summed E-state index contributed by atoms with van der Waals surface area (Å²) < 4.78 is 5.79. The fourth-order valence-corrected chi connectivity index (χ4v) is 1.76. The third kappa shape index (κ3) is 3.52. The number of methoxy groups -OCH3 is 1. The average Bonchev–Trinajstić information content (AvgIpc) is 2.41. The molecule has 0 aromatic carbocycles. The Morgan fingerprint density at radius 1 is 1.65 bits per heavy atom. The lowest BCUT2D eigenvalue weighted by Gasteiger charge is -2.21. The van der Waals surface area contributed by atoms with Crippen LogP contribution in [0.1, 0.15) is 13.8 Å². The lowest BCUT2D eigenvalue weighted by atomic mass is 10.0. The van der Waals surface area contributed by atoms with Gasteiger partial charge in [0, 0.05) is 0 Å². The molecule has 0 amide bonds. The van der Waals surface area contributed by atoms with Crippen LogP contribution in [0.2, 0.25) is 5.02 Å². The van der Waals surface area contributed by atoms with E-state index in [1.807, 2.05) is 13.8 Å². The molecule has 20 heavy (non-hydrogen) atoms. The van der Waals surface area contributed by atoms with Crippen LogP contribution in [0, 0.1) is 18.3 Å². The number of halogens is 1. The summed E-state index contributed by atoms with van der Waals surface area (Å²) in [6.07, 6.45) is 6.46. The SMILES string of the molecule is C#CCn1ncc(Cl)c(NC(C(=O)OC)C(C)C)c1=O. The summed E-state index contributed by atoms with van der Waals surface area (Å²) in [5.74, 6) is 1.75. The minimum Gasteiger partial charge on any atom is -0.467 e. The lowest BCUT2D eigenvalue weighted by molar-refractivity contribution is -0.142. The Bertz CT molecular complexity index is 590. The molecular weight excluding hydrogens is 282 g/mol. The van der Waals surface area contributed by atoms with E-state index < -0.39 is 17.6 Å². The minimum atomic E-state index is -0.688. The predicted molar refractivity (Wildman–Crippen MR) is 76.6 cm³/mol. The van der Waals surface area contributed by atoms with E-state index in [2.05, 4.69) is 16.3 Å². The highest BCUT2D eigenvalue weighted by Gasteiger charge is 2.25. The predicted octanol–water partition coefficient (Wildman–Crippen LogP) is 1.14. The highest BCUT2D eigenvalue weighted by Crippen LogP contribution is 2.18. The number of hydrogen-bond donors (Lipinski definition) is 1. The van der Waals surface area contributed by atoms with Crippen molar-refractivity contribution in [3.8, 4) is 12.3 Å². The molecule has 0 bridgehead atoms. The second-order valence-electron chi connectivity index (χ2n) is 4.42. The van der Waals surface area contributed by atoms with Crippen LogP contribution in [0.25, 0.3) is 0 Å². The van der Waals surface area contributed by atoms with Crippen molar-refractivity contribution in [1.29, 1.82) is 0 Å². The number of aromatic nitrogens is 2. The third-order valence-corrected chi connectivity index (χ3v) is 2.95. The Labute approximate surface area is 122 Å². The zero-order valence-electron chi connectivity index (χ0n) is 11.5. The summed E-state index contributed by atoms with van der Waals surface area (Å²) in [5, 5.41) is 6.76. The maximum absolute atomic E-state index is 12.2. The molecule has 0 radical (unpaired) electrons. The van der Waals surface area contributed by atoms with Gasteiger partial charge in [-0.15, -0.1) is 6.42 Å². The first kappa shape index (κ1) is 16.1. The monoisotopic (exact) mass is 297 g/mol. The highest BCUT2D eigenvalue weighted by atomic mass is 35.5. The first-order valence-electron chi connectivity index (χ1n) is 5.95. The van der Waals surface area contributed by atoms with Crippen LogP contribution >= 0.6 is 11.6 Å². The molecule has 0 saturated carbocycles. The second kappa shape index (κ2) is 6.96. The summed E-state index contributed by atoms with van der Waals surface area (Å²) in [6.45, 7) is 3.67. The fraction of sp³-hybridized carbons (Fsp3) is 0.462. The minimum absolute atomic E-state index is 0.0231. The van der Waals surface area contributed by atoms with Gasteiger partial charge in [0.2, 0.25) is 0 Å². The van der Waals surface area contributed by atoms with Crippen molar-refractivity contribution in [3.05, 3.63) is 21.6 Å². The maximum atomic E-state index is 12.2. The first-order chi connectivity index (χ1) is 9.42. The largest absolute Gasteiger partial charge is 0.467 e. The molecule has 1 atom stereocenters. The van der Waals surface area contributed by atoms with E-state index in [1.54, 1.807) is 0 Å². The van der Waals surface area contributed by atoms with Gasteiger partial charge in [0.25, 0.3) is 5.56 Å². The van der Waals surface area contributed by atoms with Crippen molar-refractivity contribution in [2.45, 2.75) is 26.4 Å². The van der Waals surface area contributed by atoms with E-state index >= 15 is 0 Å². The second-order valence-corrected chi connectivity index (χ2v) is 4.83. The standard InChI is InChI=1S/C13H16ClN3O3/c1-5-6-17-12(18)11(9(14)7-15-17)16-10(8(2)3)13(19)20-4/h1,7-8,10,16H,6H2,2-4H3. The van der Waals surface area contributed by atoms with Crippen molar-refractivity contribution < 1.29 is 9.53 Å². The van der Waals surface area contributed by atoms with Crippen molar-refractivity contribution in [1.82, 2.24) is 9.78 Å². The van der Waals surface area contributed by atoms with Crippen molar-refractivity contribution in [3.63, 3.8) is 0 Å².